The van der Waals surface area contributed by atoms with Crippen LogP contribution in [-0.4, -0.2) is 13.6 Å². The lowest BCUT2D eigenvalue weighted by molar-refractivity contribution is 0.809. The summed E-state index contributed by atoms with van der Waals surface area (Å²) < 4.78 is 0. The second-order valence-corrected chi connectivity index (χ2v) is 3.86. The van der Waals surface area contributed by atoms with Gasteiger partial charge in [0.1, 0.15) is 0 Å². The molecule has 0 atom stereocenters. The molecule has 15 heavy (non-hydrogen) atoms. The van der Waals surface area contributed by atoms with Gasteiger partial charge in [-0.05, 0) is 62.7 Å². The third-order valence-electron chi connectivity index (χ3n) is 2.46. The van der Waals surface area contributed by atoms with Crippen LogP contribution in [0, 0.1) is 13.8 Å². The van der Waals surface area contributed by atoms with E-state index in [-0.39, 0.29) is 0 Å². The van der Waals surface area contributed by atoms with E-state index in [0.717, 1.165) is 18.7 Å². The van der Waals surface area contributed by atoms with Crippen molar-refractivity contribution in [3.05, 3.63) is 34.9 Å². The molecule has 0 fully saturated rings. The molecular weight excluding hydrogens is 184 g/mol. The first-order valence-electron chi connectivity index (χ1n) is 5.33. The molecule has 0 aliphatic carbocycles. The lowest BCUT2D eigenvalue weighted by atomic mass is 10.0. The van der Waals surface area contributed by atoms with Crippen molar-refractivity contribution >= 4 is 11.8 Å². The van der Waals surface area contributed by atoms with E-state index in [2.05, 4.69) is 31.3 Å². The fourth-order valence-electron chi connectivity index (χ4n) is 1.70. The van der Waals surface area contributed by atoms with Crippen molar-refractivity contribution in [2.24, 2.45) is 0 Å². The van der Waals surface area contributed by atoms with Gasteiger partial charge in [0.2, 0.25) is 0 Å². The zero-order chi connectivity index (χ0) is 11.3. The summed E-state index contributed by atoms with van der Waals surface area (Å²) >= 11 is 0. The van der Waals surface area contributed by atoms with Crippen LogP contribution >= 0.6 is 0 Å². The highest BCUT2D eigenvalue weighted by Gasteiger charge is 1.99. The average molecular weight is 204 g/mol. The topological polar surface area (TPSA) is 38.0 Å². The number of hydrogen-bond acceptors (Lipinski definition) is 2. The summed E-state index contributed by atoms with van der Waals surface area (Å²) in [6.07, 6.45) is 5.43. The van der Waals surface area contributed by atoms with Crippen LogP contribution in [0.25, 0.3) is 6.08 Å². The van der Waals surface area contributed by atoms with Gasteiger partial charge in [-0.15, -0.1) is 0 Å². The quantitative estimate of drug-likeness (QED) is 0.584. The third-order valence-corrected chi connectivity index (χ3v) is 2.46. The summed E-state index contributed by atoms with van der Waals surface area (Å²) in [6, 6.07) is 4.04. The fourth-order valence-corrected chi connectivity index (χ4v) is 1.70. The van der Waals surface area contributed by atoms with Crippen molar-refractivity contribution in [3.8, 4) is 0 Å². The molecule has 0 aliphatic heterocycles. The summed E-state index contributed by atoms with van der Waals surface area (Å²) in [5.41, 5.74) is 10.4. The van der Waals surface area contributed by atoms with E-state index in [0.29, 0.717) is 0 Å². The van der Waals surface area contributed by atoms with Crippen LogP contribution < -0.4 is 11.1 Å². The second kappa shape index (κ2) is 5.56. The van der Waals surface area contributed by atoms with Crippen molar-refractivity contribution in [1.82, 2.24) is 5.32 Å². The zero-order valence-corrected chi connectivity index (χ0v) is 9.80. The van der Waals surface area contributed by atoms with Gasteiger partial charge >= 0.3 is 0 Å². The van der Waals surface area contributed by atoms with Gasteiger partial charge in [-0.2, -0.15) is 0 Å². The Bertz CT molecular complexity index is 331. The first-order valence-corrected chi connectivity index (χ1v) is 5.33. The Hall–Kier alpha value is -1.28. The van der Waals surface area contributed by atoms with Gasteiger partial charge in [-0.3, -0.25) is 0 Å². The summed E-state index contributed by atoms with van der Waals surface area (Å²) in [5.74, 6) is 0. The molecule has 82 valence electrons. The Balaban J connectivity index is 2.80. The van der Waals surface area contributed by atoms with Gasteiger partial charge in [0, 0.05) is 5.69 Å². The smallest absolute Gasteiger partial charge is 0.0319 e. The number of benzene rings is 1. The van der Waals surface area contributed by atoms with Crippen LogP contribution in [0.15, 0.2) is 18.2 Å². The van der Waals surface area contributed by atoms with Crippen molar-refractivity contribution in [1.29, 1.82) is 0 Å². The molecular formula is C13H20N2. The fraction of sp³-hybridized carbons (Fsp3) is 0.385. The predicted molar refractivity (Wildman–Crippen MR) is 67.9 cm³/mol. The summed E-state index contributed by atoms with van der Waals surface area (Å²) in [6.45, 7) is 5.21. The molecule has 0 saturated heterocycles. The molecule has 0 amide bonds. The number of hydrogen-bond donors (Lipinski definition) is 2. The monoisotopic (exact) mass is 204 g/mol. The van der Waals surface area contributed by atoms with Gasteiger partial charge in [-0.1, -0.05) is 12.2 Å². The second-order valence-electron chi connectivity index (χ2n) is 3.86. The lowest BCUT2D eigenvalue weighted by Crippen LogP contribution is -2.05. The molecule has 0 radical (unpaired) electrons. The first kappa shape index (κ1) is 11.8. The molecule has 0 unspecified atom stereocenters. The minimum Gasteiger partial charge on any atom is -0.399 e. The highest BCUT2D eigenvalue weighted by molar-refractivity contribution is 5.62. The third kappa shape index (κ3) is 3.40. The van der Waals surface area contributed by atoms with Gasteiger partial charge in [0.05, 0.1) is 0 Å². The maximum atomic E-state index is 5.77. The summed E-state index contributed by atoms with van der Waals surface area (Å²) in [5, 5.41) is 3.12. The number of aryl methyl sites for hydroxylation is 2. The Morgan fingerprint density at radius 1 is 1.27 bits per heavy atom. The van der Waals surface area contributed by atoms with Crippen molar-refractivity contribution in [2.75, 3.05) is 19.3 Å². The molecule has 1 aromatic rings. The van der Waals surface area contributed by atoms with Gasteiger partial charge in [0.25, 0.3) is 0 Å². The molecule has 2 nitrogen and oxygen atoms in total. The van der Waals surface area contributed by atoms with Gasteiger partial charge in [-0.25, -0.2) is 0 Å². The molecule has 3 N–H and O–H groups in total. The number of nitrogen functional groups attached to an aromatic ring is 1. The number of nitrogens with one attached hydrogen (secondary N) is 1. The Morgan fingerprint density at radius 3 is 2.40 bits per heavy atom. The maximum absolute atomic E-state index is 5.77. The van der Waals surface area contributed by atoms with E-state index < -0.39 is 0 Å². The minimum absolute atomic E-state index is 0.845. The first-order chi connectivity index (χ1) is 7.15. The largest absolute Gasteiger partial charge is 0.399 e. The summed E-state index contributed by atoms with van der Waals surface area (Å²) in [7, 11) is 1.97. The van der Waals surface area contributed by atoms with E-state index in [4.69, 9.17) is 5.73 Å². The highest BCUT2D eigenvalue weighted by Crippen LogP contribution is 2.19. The molecule has 1 aromatic carbocycles. The summed E-state index contributed by atoms with van der Waals surface area (Å²) in [4.78, 5) is 0. The van der Waals surface area contributed by atoms with Gasteiger partial charge < -0.3 is 11.1 Å². The van der Waals surface area contributed by atoms with E-state index in [1.807, 2.05) is 19.2 Å². The Morgan fingerprint density at radius 2 is 1.87 bits per heavy atom. The Kier molecular flexibility index (Phi) is 4.37. The predicted octanol–water partition coefficient (Wildman–Crippen LogP) is 2.51. The van der Waals surface area contributed by atoms with E-state index in [1.165, 1.54) is 16.7 Å². The molecule has 0 aliphatic rings. The highest BCUT2D eigenvalue weighted by atomic mass is 14.8. The van der Waals surface area contributed by atoms with Crippen LogP contribution in [0.3, 0.4) is 0 Å². The standard InChI is InChI=1S/C13H20N2/c1-10-8-12(14)9-11(2)13(10)6-4-5-7-15-3/h4,6,8-9,15H,5,7,14H2,1-3H3. The number of nitrogens with two attached hydrogens (primary N) is 1. The lowest BCUT2D eigenvalue weighted by Gasteiger charge is -2.06. The molecule has 0 heterocycles. The number of rotatable bonds is 4. The van der Waals surface area contributed by atoms with E-state index in [1.54, 1.807) is 0 Å². The van der Waals surface area contributed by atoms with E-state index in [9.17, 15) is 0 Å². The average Bonchev–Trinajstić information content (AvgIpc) is 2.15. The van der Waals surface area contributed by atoms with Crippen molar-refractivity contribution in [2.45, 2.75) is 20.3 Å². The maximum Gasteiger partial charge on any atom is 0.0319 e. The van der Waals surface area contributed by atoms with Gasteiger partial charge in [0.15, 0.2) is 0 Å². The number of anilines is 1. The van der Waals surface area contributed by atoms with E-state index >= 15 is 0 Å². The molecule has 0 bridgehead atoms. The van der Waals surface area contributed by atoms with Crippen molar-refractivity contribution < 1.29 is 0 Å². The van der Waals surface area contributed by atoms with Crippen molar-refractivity contribution in [3.63, 3.8) is 0 Å². The molecule has 0 aromatic heterocycles. The molecule has 0 saturated carbocycles. The zero-order valence-electron chi connectivity index (χ0n) is 9.80. The SMILES string of the molecule is CNCCC=Cc1c(C)cc(N)cc1C. The minimum atomic E-state index is 0.845. The normalized spacial score (nSPS) is 11.1. The Labute approximate surface area is 92.2 Å². The van der Waals surface area contributed by atoms with Crippen LogP contribution in [-0.2, 0) is 0 Å². The molecule has 2 heteroatoms. The molecule has 0 spiro atoms. The van der Waals surface area contributed by atoms with Crippen LogP contribution in [0.4, 0.5) is 5.69 Å². The van der Waals surface area contributed by atoms with Crippen LogP contribution in [0.2, 0.25) is 0 Å². The van der Waals surface area contributed by atoms with Crippen LogP contribution in [0.1, 0.15) is 23.1 Å². The van der Waals surface area contributed by atoms with Crippen LogP contribution in [0.5, 0.6) is 0 Å². The molecule has 1 rings (SSSR count).